The van der Waals surface area contributed by atoms with E-state index in [0.717, 1.165) is 12.8 Å². The van der Waals surface area contributed by atoms with Crippen LogP contribution in [-0.4, -0.2) is 45.3 Å². The van der Waals surface area contributed by atoms with E-state index in [1.165, 1.54) is 25.7 Å². The molecule has 0 aromatic heterocycles. The smallest absolute Gasteiger partial charge is 0.0483 e. The van der Waals surface area contributed by atoms with Gasteiger partial charge in [0.1, 0.15) is 0 Å². The predicted molar refractivity (Wildman–Crippen MR) is 92.2 cm³/mol. The molecule has 0 aromatic rings. The molecule has 0 fully saturated rings. The van der Waals surface area contributed by atoms with Gasteiger partial charge in [-0.3, -0.25) is 0 Å². The van der Waals surface area contributed by atoms with Crippen LogP contribution in [0.5, 0.6) is 0 Å². The van der Waals surface area contributed by atoms with Gasteiger partial charge in [0.15, 0.2) is 0 Å². The summed E-state index contributed by atoms with van der Waals surface area (Å²) >= 11 is 0. The summed E-state index contributed by atoms with van der Waals surface area (Å²) in [7, 11) is 0. The van der Waals surface area contributed by atoms with Crippen LogP contribution in [0, 0.1) is 6.92 Å². The Morgan fingerprint density at radius 1 is 0.636 bits per heavy atom. The second-order valence-electron chi connectivity index (χ2n) is 5.63. The van der Waals surface area contributed by atoms with E-state index < -0.39 is 0 Å². The molecule has 0 amide bonds. The van der Waals surface area contributed by atoms with Crippen molar-refractivity contribution in [2.45, 2.75) is 98.4 Å². The van der Waals surface area contributed by atoms with Crippen LogP contribution < -0.4 is 0 Å². The molecule has 4 nitrogen and oxygen atoms in total. The van der Waals surface area contributed by atoms with Gasteiger partial charge in [-0.1, -0.05) is 25.7 Å². The van der Waals surface area contributed by atoms with Gasteiger partial charge in [0.25, 0.3) is 0 Å². The first-order valence-corrected chi connectivity index (χ1v) is 8.05. The van der Waals surface area contributed by atoms with Gasteiger partial charge in [0.2, 0.25) is 0 Å². The first-order valence-electron chi connectivity index (χ1n) is 8.05. The molecule has 0 saturated heterocycles. The third-order valence-corrected chi connectivity index (χ3v) is 1.41. The average molecular weight is 357 g/mol. The Morgan fingerprint density at radius 2 is 0.864 bits per heavy atom. The maximum absolute atomic E-state index is 8.41. The zero-order valence-corrected chi connectivity index (χ0v) is 17.2. The number of aliphatic hydroxyl groups is 4. The molecule has 0 spiro atoms. The molecule has 4 N–H and O–H groups in total. The minimum atomic E-state index is -0.167. The van der Waals surface area contributed by atoms with Crippen molar-refractivity contribution in [3.8, 4) is 0 Å². The van der Waals surface area contributed by atoms with Crippen LogP contribution in [-0.2, 0) is 21.7 Å². The Kier molecular flexibility index (Phi) is 51.4. The van der Waals surface area contributed by atoms with Gasteiger partial charge in [-0.05, 0) is 48.0 Å². The first kappa shape index (κ1) is 34.0. The molecular formula is C17H41O4Ti-. The molecule has 0 radical (unpaired) electrons. The number of hydrogen-bond donors (Lipinski definition) is 4. The Morgan fingerprint density at radius 3 is 1.09 bits per heavy atom. The van der Waals surface area contributed by atoms with Crippen LogP contribution in [0.4, 0.5) is 0 Å². The molecule has 0 aliphatic carbocycles. The van der Waals surface area contributed by atoms with E-state index in [2.05, 4.69) is 6.92 Å². The fraction of sp³-hybridized carbons (Fsp3) is 0.941. The molecule has 138 valence electrons. The second kappa shape index (κ2) is 33.2. The first-order chi connectivity index (χ1) is 9.61. The summed E-state index contributed by atoms with van der Waals surface area (Å²) in [5, 5.41) is 32.6. The Hall–Kier alpha value is 0.554. The van der Waals surface area contributed by atoms with Crippen LogP contribution >= 0.6 is 0 Å². The van der Waals surface area contributed by atoms with Crippen molar-refractivity contribution in [3.05, 3.63) is 6.92 Å². The molecule has 0 atom stereocenters. The van der Waals surface area contributed by atoms with E-state index in [0.29, 0.717) is 6.61 Å². The number of unbranched alkanes of at least 4 members (excludes halogenated alkanes) is 5. The van der Waals surface area contributed by atoms with Gasteiger partial charge < -0.3 is 27.3 Å². The molecule has 0 rings (SSSR count). The van der Waals surface area contributed by atoms with E-state index in [1.54, 1.807) is 41.5 Å². The van der Waals surface area contributed by atoms with Crippen molar-refractivity contribution in [2.75, 3.05) is 6.61 Å². The fourth-order valence-corrected chi connectivity index (χ4v) is 0.819. The van der Waals surface area contributed by atoms with Gasteiger partial charge in [-0.2, -0.15) is 6.42 Å². The predicted octanol–water partition coefficient (Wildman–Crippen LogP) is 3.31. The van der Waals surface area contributed by atoms with Gasteiger partial charge >= 0.3 is 0 Å². The van der Waals surface area contributed by atoms with E-state index >= 15 is 0 Å². The van der Waals surface area contributed by atoms with Crippen LogP contribution in [0.25, 0.3) is 0 Å². The van der Waals surface area contributed by atoms with Gasteiger partial charge in [-0.15, -0.1) is 0 Å². The molecule has 5 heteroatoms. The Balaban J connectivity index is -0.0000000632. The zero-order chi connectivity index (χ0) is 17.7. The van der Waals surface area contributed by atoms with Gasteiger partial charge in [-0.25, -0.2) is 0 Å². The fourth-order valence-electron chi connectivity index (χ4n) is 0.819. The SMILES string of the molecule is CC(C)O.CC(C)O.CC(C)O.[CH2-]CCCCCCCO.[Ti]. The van der Waals surface area contributed by atoms with E-state index in [-0.39, 0.29) is 40.0 Å². The normalized spacial score (nSPS) is 9.00. The monoisotopic (exact) mass is 357 g/mol. The molecule has 22 heavy (non-hydrogen) atoms. The number of rotatable bonds is 6. The molecular weight excluding hydrogens is 316 g/mol. The maximum Gasteiger partial charge on any atom is 0.0483 e. The van der Waals surface area contributed by atoms with Gasteiger partial charge in [0, 0.05) is 46.6 Å². The largest absolute Gasteiger partial charge is 0.396 e. The molecule has 0 unspecified atom stereocenters. The quantitative estimate of drug-likeness (QED) is 0.334. The molecule has 0 aliphatic rings. The topological polar surface area (TPSA) is 80.9 Å². The number of aliphatic hydroxyl groups excluding tert-OH is 4. The number of hydrogen-bond acceptors (Lipinski definition) is 4. The average Bonchev–Trinajstić information content (AvgIpc) is 2.26. The molecule has 0 bridgehead atoms. The minimum absolute atomic E-state index is 0. The summed E-state index contributed by atoms with van der Waals surface area (Å²) in [6.45, 7) is 14.4. The summed E-state index contributed by atoms with van der Waals surface area (Å²) in [5.41, 5.74) is 0. The second-order valence-corrected chi connectivity index (χ2v) is 5.63. The molecule has 0 aromatic carbocycles. The van der Waals surface area contributed by atoms with E-state index in [1.807, 2.05) is 0 Å². The van der Waals surface area contributed by atoms with Crippen molar-refractivity contribution in [3.63, 3.8) is 0 Å². The van der Waals surface area contributed by atoms with Crippen molar-refractivity contribution >= 4 is 0 Å². The molecule has 0 heterocycles. The molecule has 0 saturated carbocycles. The summed E-state index contributed by atoms with van der Waals surface area (Å²) < 4.78 is 0. The zero-order valence-electron chi connectivity index (χ0n) is 15.7. The minimum Gasteiger partial charge on any atom is -0.396 e. The van der Waals surface area contributed by atoms with Crippen molar-refractivity contribution < 1.29 is 42.1 Å². The van der Waals surface area contributed by atoms with Crippen LogP contribution in [0.3, 0.4) is 0 Å². The summed E-state index contributed by atoms with van der Waals surface area (Å²) in [5.74, 6) is 0. The van der Waals surface area contributed by atoms with Crippen molar-refractivity contribution in [2.24, 2.45) is 0 Å². The summed E-state index contributed by atoms with van der Waals surface area (Å²) in [6, 6.07) is 0. The maximum atomic E-state index is 8.41. The molecule has 0 aliphatic heterocycles. The summed E-state index contributed by atoms with van der Waals surface area (Å²) in [6.07, 6.45) is 6.48. The van der Waals surface area contributed by atoms with Crippen molar-refractivity contribution in [1.29, 1.82) is 0 Å². The Labute approximate surface area is 154 Å². The van der Waals surface area contributed by atoms with E-state index in [4.69, 9.17) is 20.4 Å². The van der Waals surface area contributed by atoms with Crippen LogP contribution in [0.2, 0.25) is 0 Å². The third kappa shape index (κ3) is 183. The summed E-state index contributed by atoms with van der Waals surface area (Å²) in [4.78, 5) is 0. The third-order valence-electron chi connectivity index (χ3n) is 1.41. The van der Waals surface area contributed by atoms with Crippen molar-refractivity contribution in [1.82, 2.24) is 0 Å². The van der Waals surface area contributed by atoms with Crippen LogP contribution in [0.1, 0.15) is 80.1 Å². The Bertz CT molecular complexity index is 114. The van der Waals surface area contributed by atoms with E-state index in [9.17, 15) is 0 Å². The van der Waals surface area contributed by atoms with Crippen LogP contribution in [0.15, 0.2) is 0 Å². The standard InChI is InChI=1S/C8H17O.3C3H8O.Ti/c1-2-3-4-5-6-7-8-9;3*1-3(2)4;/h9H,1-8H2;3*3-4H,1-2H3;/q-1;;;;. The van der Waals surface area contributed by atoms with Gasteiger partial charge in [0.05, 0.1) is 0 Å².